The monoisotopic (exact) mass is 207 g/mol. The smallest absolute Gasteiger partial charge is 0.161 e. The fourth-order valence-electron chi connectivity index (χ4n) is 0.526. The first-order valence-corrected chi connectivity index (χ1v) is 3.76. The van der Waals surface area contributed by atoms with Crippen LogP contribution in [0.25, 0.3) is 0 Å². The van der Waals surface area contributed by atoms with Gasteiger partial charge in [-0.15, -0.1) is 10.2 Å². The lowest BCUT2D eigenvalue weighted by Gasteiger charge is -1.98. The Labute approximate surface area is 78.5 Å². The van der Waals surface area contributed by atoms with Crippen LogP contribution >= 0.6 is 35.4 Å². The first-order valence-electron chi connectivity index (χ1n) is 2.60. The van der Waals surface area contributed by atoms with E-state index in [1.54, 1.807) is 0 Å². The van der Waals surface area contributed by atoms with Gasteiger partial charge in [-0.2, -0.15) is 0 Å². The average Bonchev–Trinajstić information content (AvgIpc) is 1.94. The van der Waals surface area contributed by atoms with E-state index in [9.17, 15) is 0 Å². The Bertz CT molecular complexity index is 302. The van der Waals surface area contributed by atoms with E-state index in [1.165, 1.54) is 6.07 Å². The summed E-state index contributed by atoms with van der Waals surface area (Å²) in [5, 5.41) is 7.39. The molecule has 3 nitrogen and oxygen atoms in total. The molecular weight excluding hydrogens is 205 g/mol. The average molecular weight is 208 g/mol. The van der Waals surface area contributed by atoms with Gasteiger partial charge in [0.15, 0.2) is 10.3 Å². The van der Waals surface area contributed by atoms with Crippen molar-refractivity contribution in [3.8, 4) is 0 Å². The fraction of sp³-hybridized carbons (Fsp3) is 0. The van der Waals surface area contributed by atoms with Gasteiger partial charge in [-0.05, 0) is 6.07 Å². The second-order valence-corrected chi connectivity index (χ2v) is 2.92. The number of thiocarbonyl (C=S) groups is 1. The summed E-state index contributed by atoms with van der Waals surface area (Å²) in [5.74, 6) is 0. The van der Waals surface area contributed by atoms with Gasteiger partial charge in [0, 0.05) is 0 Å². The third-order valence-electron chi connectivity index (χ3n) is 0.984. The molecule has 0 unspecified atom stereocenters. The molecule has 0 amide bonds. The minimum atomic E-state index is 0.159. The predicted molar refractivity (Wildman–Crippen MR) is 47.9 cm³/mol. The number of nitrogens with two attached hydrogens (primary N) is 1. The normalized spacial score (nSPS) is 9.64. The molecule has 1 rings (SSSR count). The topological polar surface area (TPSA) is 51.8 Å². The molecule has 0 aromatic carbocycles. The van der Waals surface area contributed by atoms with Crippen LogP contribution in [0.2, 0.25) is 10.3 Å². The van der Waals surface area contributed by atoms with Crippen LogP contribution in [0.4, 0.5) is 0 Å². The van der Waals surface area contributed by atoms with E-state index in [0.29, 0.717) is 5.56 Å². The van der Waals surface area contributed by atoms with E-state index in [1.807, 2.05) is 0 Å². The van der Waals surface area contributed by atoms with E-state index >= 15 is 0 Å². The summed E-state index contributed by atoms with van der Waals surface area (Å²) in [4.78, 5) is 0.159. The quantitative estimate of drug-likeness (QED) is 0.709. The summed E-state index contributed by atoms with van der Waals surface area (Å²) < 4.78 is 0. The van der Waals surface area contributed by atoms with Crippen molar-refractivity contribution in [2.75, 3.05) is 0 Å². The van der Waals surface area contributed by atoms with Gasteiger partial charge in [0.05, 0.1) is 5.56 Å². The lowest BCUT2D eigenvalue weighted by molar-refractivity contribution is 1.03. The highest BCUT2D eigenvalue weighted by Gasteiger charge is 2.05. The first kappa shape index (κ1) is 8.64. The zero-order valence-electron chi connectivity index (χ0n) is 5.21. The number of hydrogen-bond acceptors (Lipinski definition) is 3. The van der Waals surface area contributed by atoms with Crippen molar-refractivity contribution in [2.24, 2.45) is 5.73 Å². The van der Waals surface area contributed by atoms with Gasteiger partial charge in [0.2, 0.25) is 0 Å². The predicted octanol–water partition coefficient (Wildman–Crippen LogP) is 1.42. The van der Waals surface area contributed by atoms with Gasteiger partial charge in [-0.25, -0.2) is 0 Å². The largest absolute Gasteiger partial charge is 0.389 e. The number of nitrogens with zero attached hydrogens (tertiary/aromatic N) is 2. The molecule has 0 aliphatic heterocycles. The van der Waals surface area contributed by atoms with E-state index in [0.717, 1.165) is 0 Å². The lowest BCUT2D eigenvalue weighted by Crippen LogP contribution is -2.11. The molecule has 1 aromatic rings. The van der Waals surface area contributed by atoms with Crippen molar-refractivity contribution >= 4 is 40.4 Å². The highest BCUT2D eigenvalue weighted by atomic mass is 35.5. The molecule has 0 fully saturated rings. The van der Waals surface area contributed by atoms with Crippen LogP contribution in [0.1, 0.15) is 5.56 Å². The molecule has 58 valence electrons. The molecule has 6 heteroatoms. The van der Waals surface area contributed by atoms with Crippen molar-refractivity contribution in [3.05, 3.63) is 21.9 Å². The third-order valence-corrected chi connectivity index (χ3v) is 1.67. The van der Waals surface area contributed by atoms with Crippen molar-refractivity contribution < 1.29 is 0 Å². The molecule has 0 bridgehead atoms. The van der Waals surface area contributed by atoms with Gasteiger partial charge in [-0.1, -0.05) is 35.4 Å². The number of rotatable bonds is 1. The van der Waals surface area contributed by atoms with E-state index in [4.69, 9.17) is 28.9 Å². The Morgan fingerprint density at radius 1 is 1.45 bits per heavy atom. The first-order chi connectivity index (χ1) is 5.11. The highest BCUT2D eigenvalue weighted by molar-refractivity contribution is 7.80. The van der Waals surface area contributed by atoms with Crippen LogP contribution < -0.4 is 5.73 Å². The van der Waals surface area contributed by atoms with Gasteiger partial charge >= 0.3 is 0 Å². The van der Waals surface area contributed by atoms with Crippen molar-refractivity contribution in [1.82, 2.24) is 10.2 Å². The van der Waals surface area contributed by atoms with Gasteiger partial charge in [0.1, 0.15) is 4.99 Å². The van der Waals surface area contributed by atoms with Crippen LogP contribution in [0.15, 0.2) is 6.07 Å². The zero-order chi connectivity index (χ0) is 8.43. The standard InChI is InChI=1S/C5H3Cl2N3S/c6-3-1-2(5(8)11)4(7)10-9-3/h1H,(H2,8,11). The number of hydrogen-bond donors (Lipinski definition) is 1. The molecular formula is C5H3Cl2N3S. The molecule has 0 saturated heterocycles. The minimum absolute atomic E-state index is 0.159. The SMILES string of the molecule is NC(=S)c1cc(Cl)nnc1Cl. The second-order valence-electron chi connectivity index (χ2n) is 1.74. The number of halogens is 2. The maximum atomic E-state index is 5.59. The fourth-order valence-corrected chi connectivity index (χ4v) is 1.08. The molecule has 0 saturated carbocycles. The summed E-state index contributed by atoms with van der Waals surface area (Å²) in [7, 11) is 0. The molecule has 11 heavy (non-hydrogen) atoms. The Morgan fingerprint density at radius 2 is 2.09 bits per heavy atom. The molecule has 0 aliphatic rings. The summed E-state index contributed by atoms with van der Waals surface area (Å²) in [6, 6.07) is 1.47. The molecule has 0 spiro atoms. The molecule has 1 aromatic heterocycles. The maximum Gasteiger partial charge on any atom is 0.161 e. The van der Waals surface area contributed by atoms with Crippen molar-refractivity contribution in [3.63, 3.8) is 0 Å². The van der Waals surface area contributed by atoms with Crippen LogP contribution in [-0.4, -0.2) is 15.2 Å². The molecule has 1 heterocycles. The summed E-state index contributed by atoms with van der Waals surface area (Å²) in [6.45, 7) is 0. The summed E-state index contributed by atoms with van der Waals surface area (Å²) >= 11 is 15.8. The van der Waals surface area contributed by atoms with E-state index < -0.39 is 0 Å². The lowest BCUT2D eigenvalue weighted by atomic mass is 10.3. The van der Waals surface area contributed by atoms with Crippen molar-refractivity contribution in [1.29, 1.82) is 0 Å². The van der Waals surface area contributed by atoms with Crippen LogP contribution in [0, 0.1) is 0 Å². The molecule has 0 atom stereocenters. The summed E-state index contributed by atoms with van der Waals surface area (Å²) in [6.07, 6.45) is 0. The minimum Gasteiger partial charge on any atom is -0.389 e. The van der Waals surface area contributed by atoms with Gasteiger partial charge in [-0.3, -0.25) is 0 Å². The molecule has 2 N–H and O–H groups in total. The van der Waals surface area contributed by atoms with E-state index in [2.05, 4.69) is 22.4 Å². The van der Waals surface area contributed by atoms with Crippen molar-refractivity contribution in [2.45, 2.75) is 0 Å². The molecule has 0 radical (unpaired) electrons. The van der Waals surface area contributed by atoms with Gasteiger partial charge in [0.25, 0.3) is 0 Å². The Kier molecular flexibility index (Phi) is 2.59. The Hall–Kier alpha value is -0.450. The highest BCUT2D eigenvalue weighted by Crippen LogP contribution is 2.14. The second kappa shape index (κ2) is 3.30. The van der Waals surface area contributed by atoms with Gasteiger partial charge < -0.3 is 5.73 Å². The van der Waals surface area contributed by atoms with Crippen LogP contribution in [-0.2, 0) is 0 Å². The third kappa shape index (κ3) is 1.99. The Balaban J connectivity index is 3.23. The number of aromatic nitrogens is 2. The zero-order valence-corrected chi connectivity index (χ0v) is 7.54. The van der Waals surface area contributed by atoms with Crippen LogP contribution in [0.5, 0.6) is 0 Å². The van der Waals surface area contributed by atoms with E-state index in [-0.39, 0.29) is 15.3 Å². The summed E-state index contributed by atoms with van der Waals surface area (Å²) in [5.41, 5.74) is 5.75. The molecule has 0 aliphatic carbocycles. The maximum absolute atomic E-state index is 5.59. The van der Waals surface area contributed by atoms with Crippen LogP contribution in [0.3, 0.4) is 0 Å². The Morgan fingerprint density at radius 3 is 2.55 bits per heavy atom.